The van der Waals surface area contributed by atoms with E-state index >= 15 is 0 Å². The Bertz CT molecular complexity index is 628. The topological polar surface area (TPSA) is 74.5 Å². The zero-order valence-electron chi connectivity index (χ0n) is 11.9. The van der Waals surface area contributed by atoms with Crippen molar-refractivity contribution in [2.24, 2.45) is 0 Å². The summed E-state index contributed by atoms with van der Waals surface area (Å²) in [6.07, 6.45) is -4.71. The van der Waals surface area contributed by atoms with Crippen LogP contribution in [0.25, 0.3) is 11.5 Å². The second kappa shape index (κ2) is 7.73. The third kappa shape index (κ3) is 6.07. The van der Waals surface area contributed by atoms with Gasteiger partial charge >= 0.3 is 12.1 Å². The molecule has 124 valence electrons. The third-order valence-corrected chi connectivity index (χ3v) is 2.56. The first-order chi connectivity index (χ1) is 10.9. The van der Waals surface area contributed by atoms with Crippen LogP contribution in [0, 0.1) is 0 Å². The van der Waals surface area contributed by atoms with E-state index in [0.717, 1.165) is 5.56 Å². The Hall–Kier alpha value is -2.42. The second-order valence-electron chi connectivity index (χ2n) is 4.45. The molecule has 0 fully saturated rings. The van der Waals surface area contributed by atoms with E-state index in [-0.39, 0.29) is 31.4 Å². The number of hydrogen-bond donors (Lipinski definition) is 0. The fourth-order valence-electron chi connectivity index (χ4n) is 1.57. The number of rotatable bonds is 7. The van der Waals surface area contributed by atoms with Gasteiger partial charge in [-0.15, -0.1) is 10.2 Å². The van der Waals surface area contributed by atoms with Crippen LogP contribution in [0.5, 0.6) is 0 Å². The quantitative estimate of drug-likeness (QED) is 0.574. The van der Waals surface area contributed by atoms with Crippen molar-refractivity contribution in [3.63, 3.8) is 0 Å². The normalized spacial score (nSPS) is 11.4. The van der Waals surface area contributed by atoms with E-state index in [1.165, 1.54) is 0 Å². The highest BCUT2D eigenvalue weighted by Crippen LogP contribution is 2.17. The number of hydrogen-bond acceptors (Lipinski definition) is 6. The minimum absolute atomic E-state index is 0.0911. The molecule has 0 saturated carbocycles. The SMILES string of the molecule is O=C(CCOCC(F)(F)F)OCc1nnc(-c2ccccc2)o1. The molecule has 0 amide bonds. The molecule has 2 rings (SSSR count). The Morgan fingerprint density at radius 3 is 2.61 bits per heavy atom. The molecule has 0 aliphatic heterocycles. The molecule has 0 unspecified atom stereocenters. The van der Waals surface area contributed by atoms with Crippen LogP contribution in [0.3, 0.4) is 0 Å². The van der Waals surface area contributed by atoms with Crippen LogP contribution in [0.15, 0.2) is 34.7 Å². The number of aromatic nitrogens is 2. The van der Waals surface area contributed by atoms with E-state index in [1.54, 1.807) is 24.3 Å². The Kier molecular flexibility index (Phi) is 5.69. The third-order valence-electron chi connectivity index (χ3n) is 2.56. The molecular formula is C14H13F3N2O4. The molecule has 2 aromatic rings. The summed E-state index contributed by atoms with van der Waals surface area (Å²) in [7, 11) is 0. The summed E-state index contributed by atoms with van der Waals surface area (Å²) < 4.78 is 49.9. The van der Waals surface area contributed by atoms with Gasteiger partial charge in [0.1, 0.15) is 6.61 Å². The fraction of sp³-hybridized carbons (Fsp3) is 0.357. The molecule has 0 aliphatic rings. The molecule has 1 aromatic heterocycles. The van der Waals surface area contributed by atoms with Crippen molar-refractivity contribution >= 4 is 5.97 Å². The molecule has 23 heavy (non-hydrogen) atoms. The van der Waals surface area contributed by atoms with Crippen molar-refractivity contribution in [2.45, 2.75) is 19.2 Å². The molecule has 0 bridgehead atoms. The maximum Gasteiger partial charge on any atom is 0.411 e. The maximum absolute atomic E-state index is 11.8. The van der Waals surface area contributed by atoms with Crippen LogP contribution in [0.1, 0.15) is 12.3 Å². The van der Waals surface area contributed by atoms with Crippen LogP contribution in [-0.2, 0) is 20.9 Å². The van der Waals surface area contributed by atoms with Crippen LogP contribution in [0.4, 0.5) is 13.2 Å². The van der Waals surface area contributed by atoms with E-state index in [0.29, 0.717) is 0 Å². The molecule has 6 nitrogen and oxygen atoms in total. The van der Waals surface area contributed by atoms with Gasteiger partial charge in [-0.2, -0.15) is 13.2 Å². The predicted molar refractivity (Wildman–Crippen MR) is 71.0 cm³/mol. The standard InChI is InChI=1S/C14H13F3N2O4/c15-14(16,17)9-21-7-6-12(20)22-8-11-18-19-13(23-11)10-4-2-1-3-5-10/h1-5H,6-9H2. The lowest BCUT2D eigenvalue weighted by atomic mass is 10.2. The Morgan fingerprint density at radius 2 is 1.91 bits per heavy atom. The summed E-state index contributed by atoms with van der Waals surface area (Å²) in [5, 5.41) is 7.53. The van der Waals surface area contributed by atoms with E-state index in [9.17, 15) is 18.0 Å². The lowest BCUT2D eigenvalue weighted by molar-refractivity contribution is -0.176. The number of ether oxygens (including phenoxy) is 2. The Balaban J connectivity index is 1.72. The minimum atomic E-state index is -4.42. The van der Waals surface area contributed by atoms with Crippen molar-refractivity contribution in [3.8, 4) is 11.5 Å². The first kappa shape index (κ1) is 16.9. The number of carbonyl (C=O) groups excluding carboxylic acids is 1. The van der Waals surface area contributed by atoms with Gasteiger partial charge in [-0.3, -0.25) is 4.79 Å². The molecule has 0 aliphatic carbocycles. The number of halogens is 3. The first-order valence-corrected chi connectivity index (χ1v) is 6.62. The van der Waals surface area contributed by atoms with E-state index < -0.39 is 18.8 Å². The van der Waals surface area contributed by atoms with Crippen molar-refractivity contribution in [1.29, 1.82) is 0 Å². The average molecular weight is 330 g/mol. The molecule has 0 spiro atoms. The van der Waals surface area contributed by atoms with Gasteiger partial charge in [0.15, 0.2) is 6.61 Å². The summed E-state index contributed by atoms with van der Waals surface area (Å²) in [5.74, 6) is -0.342. The summed E-state index contributed by atoms with van der Waals surface area (Å²) in [4.78, 5) is 11.3. The highest BCUT2D eigenvalue weighted by atomic mass is 19.4. The summed E-state index contributed by atoms with van der Waals surface area (Å²) >= 11 is 0. The smallest absolute Gasteiger partial charge is 0.411 e. The Morgan fingerprint density at radius 1 is 1.17 bits per heavy atom. The van der Waals surface area contributed by atoms with Crippen molar-refractivity contribution in [3.05, 3.63) is 36.2 Å². The van der Waals surface area contributed by atoms with Crippen molar-refractivity contribution in [1.82, 2.24) is 10.2 Å². The molecule has 0 N–H and O–H groups in total. The van der Waals surface area contributed by atoms with Gasteiger partial charge in [0.05, 0.1) is 13.0 Å². The van der Waals surface area contributed by atoms with Crippen LogP contribution < -0.4 is 0 Å². The molecule has 0 radical (unpaired) electrons. The zero-order valence-corrected chi connectivity index (χ0v) is 11.9. The molecule has 0 atom stereocenters. The summed E-state index contributed by atoms with van der Waals surface area (Å²) in [5.41, 5.74) is 0.720. The van der Waals surface area contributed by atoms with Crippen molar-refractivity contribution in [2.75, 3.05) is 13.2 Å². The average Bonchev–Trinajstić information content (AvgIpc) is 2.98. The largest absolute Gasteiger partial charge is 0.456 e. The number of nitrogens with zero attached hydrogens (tertiary/aromatic N) is 2. The highest BCUT2D eigenvalue weighted by Gasteiger charge is 2.27. The number of carbonyl (C=O) groups is 1. The van der Waals surface area contributed by atoms with Gasteiger partial charge in [-0.1, -0.05) is 18.2 Å². The van der Waals surface area contributed by atoms with Crippen molar-refractivity contribution < 1.29 is 31.9 Å². The molecule has 0 saturated heterocycles. The van der Waals surface area contributed by atoms with Crippen LogP contribution in [0.2, 0.25) is 0 Å². The summed E-state index contributed by atoms with van der Waals surface area (Å²) in [6.45, 7) is -2.03. The fourth-order valence-corrected chi connectivity index (χ4v) is 1.57. The van der Waals surface area contributed by atoms with Gasteiger partial charge in [0.25, 0.3) is 5.89 Å². The number of benzene rings is 1. The number of esters is 1. The van der Waals surface area contributed by atoms with Gasteiger partial charge in [-0.05, 0) is 12.1 Å². The highest BCUT2D eigenvalue weighted by molar-refractivity contribution is 5.69. The lowest BCUT2D eigenvalue weighted by Crippen LogP contribution is -2.18. The van der Waals surface area contributed by atoms with Gasteiger partial charge in [0, 0.05) is 5.56 Å². The molecule has 9 heteroatoms. The predicted octanol–water partition coefficient (Wildman–Crippen LogP) is 2.75. The summed E-state index contributed by atoms with van der Waals surface area (Å²) in [6, 6.07) is 9.01. The minimum Gasteiger partial charge on any atom is -0.456 e. The monoisotopic (exact) mass is 330 g/mol. The number of alkyl halides is 3. The zero-order chi connectivity index (χ0) is 16.7. The van der Waals surface area contributed by atoms with Crippen LogP contribution >= 0.6 is 0 Å². The van der Waals surface area contributed by atoms with Gasteiger partial charge in [0.2, 0.25) is 5.89 Å². The van der Waals surface area contributed by atoms with Gasteiger partial charge < -0.3 is 13.9 Å². The van der Waals surface area contributed by atoms with E-state index in [1.807, 2.05) is 6.07 Å². The molecule has 1 heterocycles. The van der Waals surface area contributed by atoms with Crippen LogP contribution in [-0.4, -0.2) is 35.6 Å². The molecular weight excluding hydrogens is 317 g/mol. The first-order valence-electron chi connectivity index (χ1n) is 6.62. The Labute approximate surface area is 129 Å². The lowest BCUT2D eigenvalue weighted by Gasteiger charge is -2.07. The maximum atomic E-state index is 11.8. The second-order valence-corrected chi connectivity index (χ2v) is 4.45. The van der Waals surface area contributed by atoms with Gasteiger partial charge in [-0.25, -0.2) is 0 Å². The molecule has 1 aromatic carbocycles. The van der Waals surface area contributed by atoms with E-state index in [4.69, 9.17) is 9.15 Å². The van der Waals surface area contributed by atoms with E-state index in [2.05, 4.69) is 14.9 Å².